The van der Waals surface area contributed by atoms with Crippen LogP contribution in [0.15, 0.2) is 24.3 Å². The highest BCUT2D eigenvalue weighted by Gasteiger charge is 2.44. The number of nitrogens with one attached hydrogen (secondary N) is 1. The summed E-state index contributed by atoms with van der Waals surface area (Å²) >= 11 is 0. The van der Waals surface area contributed by atoms with Crippen LogP contribution >= 0.6 is 0 Å². The first kappa shape index (κ1) is 16.5. The van der Waals surface area contributed by atoms with Gasteiger partial charge in [0.05, 0.1) is 0 Å². The number of carbonyl (C=O) groups excluding carboxylic acids is 3. The van der Waals surface area contributed by atoms with Crippen molar-refractivity contribution in [2.75, 3.05) is 11.4 Å². The SMILES string of the molecule is Cc1ccc(N2C(=O)N(CC(=O)N[C@@H](C)C3CC3)C(=O)[C@H]2C)cc1. The molecule has 1 saturated heterocycles. The van der Waals surface area contributed by atoms with Gasteiger partial charge in [-0.15, -0.1) is 0 Å². The van der Waals surface area contributed by atoms with Gasteiger partial charge in [0.1, 0.15) is 12.6 Å². The number of carbonyl (C=O) groups is 3. The van der Waals surface area contributed by atoms with E-state index in [1.807, 2.05) is 38.1 Å². The maximum Gasteiger partial charge on any atom is 0.332 e. The van der Waals surface area contributed by atoms with E-state index >= 15 is 0 Å². The van der Waals surface area contributed by atoms with Gasteiger partial charge in [-0.2, -0.15) is 0 Å². The van der Waals surface area contributed by atoms with E-state index in [1.165, 1.54) is 4.90 Å². The number of benzene rings is 1. The second-order valence-electron chi connectivity index (χ2n) is 6.78. The van der Waals surface area contributed by atoms with Gasteiger partial charge in [-0.25, -0.2) is 4.79 Å². The van der Waals surface area contributed by atoms with Gasteiger partial charge in [-0.3, -0.25) is 19.4 Å². The number of nitrogens with zero attached hydrogens (tertiary/aromatic N) is 2. The Labute approximate surface area is 141 Å². The third kappa shape index (κ3) is 3.13. The molecule has 0 unspecified atom stereocenters. The van der Waals surface area contributed by atoms with Crippen molar-refractivity contribution < 1.29 is 14.4 Å². The molecule has 1 heterocycles. The van der Waals surface area contributed by atoms with Crippen LogP contribution in [-0.2, 0) is 9.59 Å². The molecule has 6 heteroatoms. The molecule has 3 rings (SSSR count). The molecule has 24 heavy (non-hydrogen) atoms. The molecule has 2 aliphatic rings. The maximum atomic E-state index is 12.6. The highest BCUT2D eigenvalue weighted by molar-refractivity contribution is 6.15. The van der Waals surface area contributed by atoms with Crippen molar-refractivity contribution in [3.8, 4) is 0 Å². The van der Waals surface area contributed by atoms with Gasteiger partial charge in [0, 0.05) is 11.7 Å². The van der Waals surface area contributed by atoms with E-state index < -0.39 is 12.1 Å². The molecule has 1 saturated carbocycles. The van der Waals surface area contributed by atoms with Crippen LogP contribution < -0.4 is 10.2 Å². The summed E-state index contributed by atoms with van der Waals surface area (Å²) in [5.41, 5.74) is 1.75. The van der Waals surface area contributed by atoms with Crippen molar-refractivity contribution in [1.29, 1.82) is 0 Å². The average Bonchev–Trinajstić information content (AvgIpc) is 3.35. The highest BCUT2D eigenvalue weighted by atomic mass is 16.2. The Morgan fingerprint density at radius 3 is 2.46 bits per heavy atom. The molecule has 6 nitrogen and oxygen atoms in total. The molecule has 128 valence electrons. The molecular formula is C18H23N3O3. The molecular weight excluding hydrogens is 306 g/mol. The lowest BCUT2D eigenvalue weighted by atomic mass is 10.2. The van der Waals surface area contributed by atoms with E-state index in [0.717, 1.165) is 23.3 Å². The van der Waals surface area contributed by atoms with E-state index in [4.69, 9.17) is 0 Å². The Hall–Kier alpha value is -2.37. The molecule has 0 radical (unpaired) electrons. The molecule has 1 N–H and O–H groups in total. The summed E-state index contributed by atoms with van der Waals surface area (Å²) in [6.45, 7) is 5.39. The van der Waals surface area contributed by atoms with E-state index in [-0.39, 0.29) is 24.4 Å². The number of hydrogen-bond donors (Lipinski definition) is 1. The number of anilines is 1. The van der Waals surface area contributed by atoms with Gasteiger partial charge in [-0.05, 0) is 51.7 Å². The summed E-state index contributed by atoms with van der Waals surface area (Å²) in [6, 6.07) is 6.47. The van der Waals surface area contributed by atoms with Crippen LogP contribution in [-0.4, -0.2) is 41.4 Å². The third-order valence-electron chi connectivity index (χ3n) is 4.78. The van der Waals surface area contributed by atoms with Gasteiger partial charge in [0.25, 0.3) is 5.91 Å². The van der Waals surface area contributed by atoms with Crippen LogP contribution in [0.3, 0.4) is 0 Å². The third-order valence-corrected chi connectivity index (χ3v) is 4.78. The predicted molar refractivity (Wildman–Crippen MR) is 90.6 cm³/mol. The van der Waals surface area contributed by atoms with Crippen LogP contribution in [0.25, 0.3) is 0 Å². The second-order valence-corrected chi connectivity index (χ2v) is 6.78. The van der Waals surface area contributed by atoms with Crippen molar-refractivity contribution in [3.05, 3.63) is 29.8 Å². The monoisotopic (exact) mass is 329 g/mol. The maximum absolute atomic E-state index is 12.6. The van der Waals surface area contributed by atoms with Gasteiger partial charge in [0.15, 0.2) is 0 Å². The van der Waals surface area contributed by atoms with Gasteiger partial charge < -0.3 is 5.32 Å². The van der Waals surface area contributed by atoms with Crippen LogP contribution in [0.2, 0.25) is 0 Å². The smallest absolute Gasteiger partial charge is 0.332 e. The number of rotatable bonds is 5. The fourth-order valence-electron chi connectivity index (χ4n) is 3.07. The lowest BCUT2D eigenvalue weighted by Crippen LogP contribution is -2.44. The summed E-state index contributed by atoms with van der Waals surface area (Å²) in [5.74, 6) is -0.0919. The normalized spacial score (nSPS) is 22.0. The zero-order valence-electron chi connectivity index (χ0n) is 14.3. The Morgan fingerprint density at radius 2 is 1.88 bits per heavy atom. The molecule has 1 aromatic carbocycles. The van der Waals surface area contributed by atoms with Crippen molar-refractivity contribution in [2.45, 2.75) is 45.7 Å². The van der Waals surface area contributed by atoms with Crippen molar-refractivity contribution in [2.24, 2.45) is 5.92 Å². The van der Waals surface area contributed by atoms with Crippen molar-refractivity contribution in [1.82, 2.24) is 10.2 Å². The van der Waals surface area contributed by atoms with Crippen molar-refractivity contribution >= 4 is 23.5 Å². The van der Waals surface area contributed by atoms with Gasteiger partial charge in [0.2, 0.25) is 5.91 Å². The fraction of sp³-hybridized carbons (Fsp3) is 0.500. The topological polar surface area (TPSA) is 69.7 Å². The first-order valence-corrected chi connectivity index (χ1v) is 8.39. The number of aryl methyl sites for hydroxylation is 1. The fourth-order valence-corrected chi connectivity index (χ4v) is 3.07. The molecule has 4 amide bonds. The Kier molecular flexibility index (Phi) is 4.30. The molecule has 2 atom stereocenters. The van der Waals surface area contributed by atoms with Crippen LogP contribution in [0, 0.1) is 12.8 Å². The lowest BCUT2D eigenvalue weighted by Gasteiger charge is -2.20. The Morgan fingerprint density at radius 1 is 1.25 bits per heavy atom. The average molecular weight is 329 g/mol. The first-order chi connectivity index (χ1) is 11.4. The summed E-state index contributed by atoms with van der Waals surface area (Å²) < 4.78 is 0. The summed E-state index contributed by atoms with van der Waals surface area (Å²) in [6.07, 6.45) is 2.25. The van der Waals surface area contributed by atoms with Crippen LogP contribution in [0.4, 0.5) is 10.5 Å². The first-order valence-electron chi connectivity index (χ1n) is 8.39. The quantitative estimate of drug-likeness (QED) is 0.841. The van der Waals surface area contributed by atoms with E-state index in [1.54, 1.807) is 6.92 Å². The van der Waals surface area contributed by atoms with Crippen LogP contribution in [0.5, 0.6) is 0 Å². The summed E-state index contributed by atoms with van der Waals surface area (Å²) in [4.78, 5) is 39.7. The van der Waals surface area contributed by atoms with E-state index in [9.17, 15) is 14.4 Å². The predicted octanol–water partition coefficient (Wildman–Crippen LogP) is 2.07. The molecule has 1 aromatic rings. The summed E-state index contributed by atoms with van der Waals surface area (Å²) in [7, 11) is 0. The zero-order valence-corrected chi connectivity index (χ0v) is 14.3. The van der Waals surface area contributed by atoms with Gasteiger partial charge in [-0.1, -0.05) is 17.7 Å². The largest absolute Gasteiger partial charge is 0.352 e. The van der Waals surface area contributed by atoms with Gasteiger partial charge >= 0.3 is 6.03 Å². The van der Waals surface area contributed by atoms with Crippen LogP contribution in [0.1, 0.15) is 32.3 Å². The molecule has 2 fully saturated rings. The summed E-state index contributed by atoms with van der Waals surface area (Å²) in [5, 5.41) is 2.88. The standard InChI is InChI=1S/C18H23N3O3/c1-11-4-8-15(9-5-11)21-13(3)17(23)20(18(21)24)10-16(22)19-12(2)14-6-7-14/h4-5,8-9,12-14H,6-7,10H2,1-3H3,(H,19,22)/t12-,13+/m0/s1. The molecule has 1 aliphatic heterocycles. The van der Waals surface area contributed by atoms with E-state index in [0.29, 0.717) is 11.6 Å². The number of imide groups is 1. The minimum Gasteiger partial charge on any atom is -0.352 e. The van der Waals surface area contributed by atoms with Crippen molar-refractivity contribution in [3.63, 3.8) is 0 Å². The Bertz CT molecular complexity index is 667. The zero-order chi connectivity index (χ0) is 17.4. The van der Waals surface area contributed by atoms with E-state index in [2.05, 4.69) is 5.32 Å². The lowest BCUT2D eigenvalue weighted by molar-refractivity contribution is -0.132. The number of amides is 4. The second kappa shape index (κ2) is 6.26. The molecule has 0 aromatic heterocycles. The Balaban J connectivity index is 1.70. The number of hydrogen-bond acceptors (Lipinski definition) is 3. The molecule has 0 spiro atoms. The minimum atomic E-state index is -0.603. The molecule has 0 bridgehead atoms. The number of urea groups is 1. The highest BCUT2D eigenvalue weighted by Crippen LogP contribution is 2.32. The minimum absolute atomic E-state index is 0.0935. The molecule has 1 aliphatic carbocycles.